The first-order chi connectivity index (χ1) is 16.3. The van der Waals surface area contributed by atoms with Gasteiger partial charge in [-0.05, 0) is 51.9 Å². The highest BCUT2D eigenvalue weighted by molar-refractivity contribution is 7.85. The predicted molar refractivity (Wildman–Crippen MR) is 132 cm³/mol. The van der Waals surface area contributed by atoms with Crippen LogP contribution in [0.15, 0.2) is 4.90 Å². The van der Waals surface area contributed by atoms with Crippen LogP contribution in [-0.2, 0) is 10.1 Å². The van der Waals surface area contributed by atoms with Crippen molar-refractivity contribution < 1.29 is 34.9 Å². The van der Waals surface area contributed by atoms with Gasteiger partial charge in [0, 0.05) is 0 Å². The number of benzene rings is 1. The van der Waals surface area contributed by atoms with Crippen molar-refractivity contribution in [1.82, 2.24) is 0 Å². The van der Waals surface area contributed by atoms with Crippen LogP contribution in [0.3, 0.4) is 0 Å². The van der Waals surface area contributed by atoms with Gasteiger partial charge in [0.1, 0.15) is 0 Å². The van der Waals surface area contributed by atoms with Crippen molar-refractivity contribution in [3.8, 4) is 0 Å². The molecule has 13 heteroatoms. The zero-order chi connectivity index (χ0) is 28.4. The lowest BCUT2D eigenvalue weighted by molar-refractivity contribution is 0.352. The summed E-state index contributed by atoms with van der Waals surface area (Å²) in [6.07, 6.45) is 9.54. The van der Waals surface area contributed by atoms with Crippen molar-refractivity contribution >= 4 is 10.1 Å². The quantitative estimate of drug-likeness (QED) is 0.132. The minimum atomic E-state index is -5.52. The molecule has 212 valence electrons. The molecular weight excluding hydrogens is 495 g/mol. The van der Waals surface area contributed by atoms with E-state index in [1.807, 2.05) is 0 Å². The standard InChI is InChI=1S/C6HF5O3S.4C4H11N/c7-1-2(8)4(10)6(15(12,13)14)5(11)3(1)9;4*1-2-3-4-5/h(H,12,13,14);4*2-5H2,1H3. The molecule has 0 spiro atoms. The molecule has 1 aromatic carbocycles. The zero-order valence-corrected chi connectivity index (χ0v) is 22.2. The summed E-state index contributed by atoms with van der Waals surface area (Å²) in [5.41, 5.74) is 20.6. The molecule has 0 heterocycles. The van der Waals surface area contributed by atoms with E-state index < -0.39 is 44.1 Å². The summed E-state index contributed by atoms with van der Waals surface area (Å²) < 4.78 is 91.3. The lowest BCUT2D eigenvalue weighted by Gasteiger charge is -2.04. The summed E-state index contributed by atoms with van der Waals surface area (Å²) in [6.45, 7) is 11.9. The number of rotatable bonds is 9. The molecule has 0 fully saturated rings. The second kappa shape index (κ2) is 27.2. The molecule has 9 N–H and O–H groups in total. The van der Waals surface area contributed by atoms with Crippen LogP contribution in [-0.4, -0.2) is 39.1 Å². The molecule has 7 nitrogen and oxygen atoms in total. The Hall–Kier alpha value is -1.38. The van der Waals surface area contributed by atoms with Crippen molar-refractivity contribution in [2.75, 3.05) is 26.2 Å². The SMILES string of the molecule is CCCCN.CCCCN.CCCCN.CCCCN.O=S(=O)(O)c1c(F)c(F)c(F)c(F)c1F. The van der Waals surface area contributed by atoms with Gasteiger partial charge >= 0.3 is 10.1 Å². The van der Waals surface area contributed by atoms with Gasteiger partial charge in [0.25, 0.3) is 0 Å². The molecule has 0 aliphatic heterocycles. The number of unbranched alkanes of at least 4 members (excludes halogenated alkanes) is 4. The third kappa shape index (κ3) is 22.8. The third-order valence-corrected chi connectivity index (χ3v) is 4.53. The van der Waals surface area contributed by atoms with Crippen LogP contribution in [0.5, 0.6) is 0 Å². The second-order valence-corrected chi connectivity index (χ2v) is 8.30. The predicted octanol–water partition coefficient (Wildman–Crippen LogP) is 4.61. The molecule has 0 bridgehead atoms. The summed E-state index contributed by atoms with van der Waals surface area (Å²) in [6, 6.07) is 0. The van der Waals surface area contributed by atoms with Gasteiger partial charge in [0.05, 0.1) is 0 Å². The molecule has 1 aromatic rings. The average Bonchev–Trinajstić information content (AvgIpc) is 2.79. The molecule has 0 saturated carbocycles. The molecular formula is C22H45F5N4O3S. The Bertz CT molecular complexity index is 667. The van der Waals surface area contributed by atoms with E-state index >= 15 is 0 Å². The van der Waals surface area contributed by atoms with Gasteiger partial charge in [-0.15, -0.1) is 0 Å². The second-order valence-electron chi connectivity index (χ2n) is 6.94. The van der Waals surface area contributed by atoms with Crippen molar-refractivity contribution in [3.05, 3.63) is 29.1 Å². The van der Waals surface area contributed by atoms with Crippen LogP contribution in [0.1, 0.15) is 79.1 Å². The monoisotopic (exact) mass is 540 g/mol. The van der Waals surface area contributed by atoms with Crippen molar-refractivity contribution in [3.63, 3.8) is 0 Å². The normalized spacial score (nSPS) is 9.89. The van der Waals surface area contributed by atoms with Gasteiger partial charge < -0.3 is 22.9 Å². The van der Waals surface area contributed by atoms with Gasteiger partial charge in [0.2, 0.25) is 5.82 Å². The highest BCUT2D eigenvalue weighted by atomic mass is 32.2. The van der Waals surface area contributed by atoms with E-state index in [1.165, 1.54) is 51.4 Å². The van der Waals surface area contributed by atoms with Gasteiger partial charge in [-0.3, -0.25) is 4.55 Å². The van der Waals surface area contributed by atoms with E-state index in [9.17, 15) is 30.4 Å². The fourth-order valence-corrected chi connectivity index (χ4v) is 2.26. The molecule has 0 aliphatic rings. The first kappa shape index (κ1) is 40.8. The molecule has 0 atom stereocenters. The summed E-state index contributed by atoms with van der Waals surface area (Å²) >= 11 is 0. The molecule has 0 radical (unpaired) electrons. The van der Waals surface area contributed by atoms with Crippen LogP contribution < -0.4 is 22.9 Å². The molecule has 35 heavy (non-hydrogen) atoms. The smallest absolute Gasteiger partial charge is 0.300 e. The summed E-state index contributed by atoms with van der Waals surface area (Å²) in [5, 5.41) is 0. The molecule has 0 aliphatic carbocycles. The van der Waals surface area contributed by atoms with E-state index in [-0.39, 0.29) is 0 Å². The first-order valence-corrected chi connectivity index (χ1v) is 13.1. The zero-order valence-electron chi connectivity index (χ0n) is 21.4. The maximum Gasteiger partial charge on any atom is 0.300 e. The van der Waals surface area contributed by atoms with E-state index in [0.717, 1.165) is 26.2 Å². The van der Waals surface area contributed by atoms with Crippen LogP contribution in [0.25, 0.3) is 0 Å². The number of hydrogen-bond donors (Lipinski definition) is 5. The highest BCUT2D eigenvalue weighted by Crippen LogP contribution is 2.26. The fourth-order valence-electron chi connectivity index (χ4n) is 1.63. The Morgan fingerprint density at radius 3 is 0.857 bits per heavy atom. The number of nitrogens with two attached hydrogens (primary N) is 4. The van der Waals surface area contributed by atoms with Crippen LogP contribution >= 0.6 is 0 Å². The molecule has 0 unspecified atom stereocenters. The highest BCUT2D eigenvalue weighted by Gasteiger charge is 2.32. The topological polar surface area (TPSA) is 158 Å². The van der Waals surface area contributed by atoms with Crippen molar-refractivity contribution in [2.24, 2.45) is 22.9 Å². The summed E-state index contributed by atoms with van der Waals surface area (Å²) in [5.74, 6) is -12.6. The Balaban J connectivity index is -0.000000199. The Morgan fingerprint density at radius 1 is 0.543 bits per heavy atom. The average molecular weight is 541 g/mol. The number of halogens is 5. The molecule has 0 aromatic heterocycles. The minimum absolute atomic E-state index is 0.844. The Labute approximate surface area is 207 Å². The lowest BCUT2D eigenvalue weighted by Crippen LogP contribution is -2.11. The van der Waals surface area contributed by atoms with E-state index in [1.54, 1.807) is 0 Å². The van der Waals surface area contributed by atoms with E-state index in [2.05, 4.69) is 27.7 Å². The first-order valence-electron chi connectivity index (χ1n) is 11.6. The van der Waals surface area contributed by atoms with Crippen molar-refractivity contribution in [2.45, 2.75) is 84.0 Å². The minimum Gasteiger partial charge on any atom is -0.330 e. The number of hydrogen-bond acceptors (Lipinski definition) is 6. The van der Waals surface area contributed by atoms with Gasteiger partial charge in [-0.25, -0.2) is 22.0 Å². The van der Waals surface area contributed by atoms with Gasteiger partial charge in [0.15, 0.2) is 28.2 Å². The largest absolute Gasteiger partial charge is 0.330 e. The fraction of sp³-hybridized carbons (Fsp3) is 0.727. The van der Waals surface area contributed by atoms with Crippen LogP contribution in [0, 0.1) is 29.1 Å². The maximum absolute atomic E-state index is 12.6. The Kier molecular flexibility index (Phi) is 31.7. The van der Waals surface area contributed by atoms with Crippen LogP contribution in [0.4, 0.5) is 22.0 Å². The van der Waals surface area contributed by atoms with Crippen LogP contribution in [0.2, 0.25) is 0 Å². The maximum atomic E-state index is 12.6. The molecule has 0 saturated heterocycles. The summed E-state index contributed by atoms with van der Waals surface area (Å²) in [4.78, 5) is -2.26. The Morgan fingerprint density at radius 2 is 0.743 bits per heavy atom. The van der Waals surface area contributed by atoms with Gasteiger partial charge in [-0.1, -0.05) is 53.4 Å². The third-order valence-electron chi connectivity index (χ3n) is 3.66. The van der Waals surface area contributed by atoms with E-state index in [4.69, 9.17) is 27.5 Å². The lowest BCUT2D eigenvalue weighted by atomic mass is 10.3. The van der Waals surface area contributed by atoms with Crippen molar-refractivity contribution in [1.29, 1.82) is 0 Å². The van der Waals surface area contributed by atoms with E-state index in [0.29, 0.717) is 0 Å². The summed E-state index contributed by atoms with van der Waals surface area (Å²) in [7, 11) is -5.52. The molecule has 1 rings (SSSR count). The molecule has 0 amide bonds. The van der Waals surface area contributed by atoms with Gasteiger partial charge in [-0.2, -0.15) is 8.42 Å².